The minimum Gasteiger partial charge on any atom is -0.396 e. The van der Waals surface area contributed by atoms with Crippen molar-refractivity contribution < 1.29 is 15.0 Å². The predicted octanol–water partition coefficient (Wildman–Crippen LogP) is 1.23. The van der Waals surface area contributed by atoms with Crippen LogP contribution in [-0.4, -0.2) is 58.8 Å². The molecule has 0 bridgehead atoms. The van der Waals surface area contributed by atoms with Crippen molar-refractivity contribution in [2.24, 2.45) is 5.41 Å². The highest BCUT2D eigenvalue weighted by Gasteiger charge is 2.26. The SMILES string of the molecule is CCn1c(C)cc(C(=O)CN(C)CC(C)(CO)CO)c1C. The van der Waals surface area contributed by atoms with E-state index in [9.17, 15) is 15.0 Å². The van der Waals surface area contributed by atoms with Crippen molar-refractivity contribution in [3.05, 3.63) is 23.0 Å². The van der Waals surface area contributed by atoms with Gasteiger partial charge in [0.05, 0.1) is 19.8 Å². The second-order valence-electron chi connectivity index (χ2n) is 6.25. The lowest BCUT2D eigenvalue weighted by Gasteiger charge is -2.29. The Bertz CT molecular complexity index is 490. The lowest BCUT2D eigenvalue weighted by molar-refractivity contribution is 0.0411. The second kappa shape index (κ2) is 7.20. The van der Waals surface area contributed by atoms with E-state index in [4.69, 9.17) is 0 Å². The van der Waals surface area contributed by atoms with Crippen LogP contribution >= 0.6 is 0 Å². The maximum atomic E-state index is 12.4. The Morgan fingerprint density at radius 3 is 2.33 bits per heavy atom. The van der Waals surface area contributed by atoms with Crippen molar-refractivity contribution in [2.45, 2.75) is 34.2 Å². The number of rotatable bonds is 8. The molecule has 0 atom stereocenters. The summed E-state index contributed by atoms with van der Waals surface area (Å²) < 4.78 is 2.12. The van der Waals surface area contributed by atoms with Crippen LogP contribution in [0.2, 0.25) is 0 Å². The van der Waals surface area contributed by atoms with E-state index in [-0.39, 0.29) is 25.5 Å². The minimum atomic E-state index is -0.588. The van der Waals surface area contributed by atoms with Crippen LogP contribution in [-0.2, 0) is 6.54 Å². The Kier molecular flexibility index (Phi) is 6.13. The number of hydrogen-bond donors (Lipinski definition) is 2. The Balaban J connectivity index is 2.78. The maximum Gasteiger partial charge on any atom is 0.178 e. The average Bonchev–Trinajstić information content (AvgIpc) is 2.73. The maximum absolute atomic E-state index is 12.4. The monoisotopic (exact) mass is 296 g/mol. The zero-order valence-corrected chi connectivity index (χ0v) is 13.8. The van der Waals surface area contributed by atoms with Crippen LogP contribution < -0.4 is 0 Å². The van der Waals surface area contributed by atoms with Crippen LogP contribution in [0.1, 0.15) is 35.6 Å². The summed E-state index contributed by atoms with van der Waals surface area (Å²) in [5, 5.41) is 18.7. The number of nitrogens with zero attached hydrogens (tertiary/aromatic N) is 2. The predicted molar refractivity (Wildman–Crippen MR) is 83.7 cm³/mol. The molecule has 0 aliphatic rings. The van der Waals surface area contributed by atoms with Crippen molar-refractivity contribution in [3.8, 4) is 0 Å². The van der Waals surface area contributed by atoms with Crippen LogP contribution in [0.5, 0.6) is 0 Å². The van der Waals surface area contributed by atoms with Gasteiger partial charge in [-0.2, -0.15) is 0 Å². The van der Waals surface area contributed by atoms with Gasteiger partial charge in [-0.15, -0.1) is 0 Å². The van der Waals surface area contributed by atoms with Gasteiger partial charge in [0.15, 0.2) is 5.78 Å². The van der Waals surface area contributed by atoms with Crippen LogP contribution in [0.15, 0.2) is 6.07 Å². The molecular weight excluding hydrogens is 268 g/mol. The Morgan fingerprint density at radius 2 is 1.90 bits per heavy atom. The molecule has 2 N–H and O–H groups in total. The number of Topliss-reactive ketones (excluding diaryl/α,β-unsaturated/α-hetero) is 1. The third kappa shape index (κ3) is 4.15. The van der Waals surface area contributed by atoms with Crippen molar-refractivity contribution in [1.29, 1.82) is 0 Å². The molecule has 0 spiro atoms. The molecule has 5 heteroatoms. The molecule has 0 aromatic carbocycles. The highest BCUT2D eigenvalue weighted by Crippen LogP contribution is 2.18. The zero-order valence-electron chi connectivity index (χ0n) is 13.8. The van der Waals surface area contributed by atoms with E-state index in [1.807, 2.05) is 31.9 Å². The van der Waals surface area contributed by atoms with Crippen molar-refractivity contribution in [3.63, 3.8) is 0 Å². The lowest BCUT2D eigenvalue weighted by Crippen LogP contribution is -2.41. The van der Waals surface area contributed by atoms with Gasteiger partial charge in [0, 0.05) is 35.5 Å². The summed E-state index contributed by atoms with van der Waals surface area (Å²) in [6.07, 6.45) is 0. The van der Waals surface area contributed by atoms with Crippen molar-refractivity contribution in [1.82, 2.24) is 9.47 Å². The first-order valence-corrected chi connectivity index (χ1v) is 7.38. The number of likely N-dealkylation sites (N-methyl/N-ethyl adjacent to an activating group) is 1. The third-order valence-electron chi connectivity index (χ3n) is 4.02. The highest BCUT2D eigenvalue weighted by atomic mass is 16.3. The van der Waals surface area contributed by atoms with Crippen molar-refractivity contribution >= 4 is 5.78 Å². The highest BCUT2D eigenvalue weighted by molar-refractivity contribution is 5.99. The van der Waals surface area contributed by atoms with E-state index in [1.54, 1.807) is 6.92 Å². The molecule has 0 amide bonds. The van der Waals surface area contributed by atoms with Crippen LogP contribution in [0, 0.1) is 19.3 Å². The number of aromatic nitrogens is 1. The molecule has 0 aliphatic heterocycles. The smallest absolute Gasteiger partial charge is 0.178 e. The zero-order chi connectivity index (χ0) is 16.2. The number of hydrogen-bond acceptors (Lipinski definition) is 4. The van der Waals surface area contributed by atoms with E-state index in [0.717, 1.165) is 23.5 Å². The van der Waals surface area contributed by atoms with Gasteiger partial charge < -0.3 is 14.8 Å². The van der Waals surface area contributed by atoms with Crippen molar-refractivity contribution in [2.75, 3.05) is 33.4 Å². The van der Waals surface area contributed by atoms with E-state index in [0.29, 0.717) is 6.54 Å². The number of carbonyl (C=O) groups excluding carboxylic acids is 1. The Morgan fingerprint density at radius 1 is 1.33 bits per heavy atom. The quantitative estimate of drug-likeness (QED) is 0.708. The van der Waals surface area contributed by atoms with E-state index in [1.165, 1.54) is 0 Å². The van der Waals surface area contributed by atoms with Gasteiger partial charge in [-0.1, -0.05) is 6.92 Å². The molecule has 1 rings (SSSR count). The van der Waals surface area contributed by atoms with Gasteiger partial charge in [0.25, 0.3) is 0 Å². The molecular formula is C16H28N2O3. The fourth-order valence-corrected chi connectivity index (χ4v) is 2.76. The van der Waals surface area contributed by atoms with E-state index in [2.05, 4.69) is 11.5 Å². The van der Waals surface area contributed by atoms with Crippen LogP contribution in [0.4, 0.5) is 0 Å². The summed E-state index contributed by atoms with van der Waals surface area (Å²) in [5.74, 6) is 0.0727. The summed E-state index contributed by atoms with van der Waals surface area (Å²) in [5.41, 5.74) is 2.27. The molecule has 5 nitrogen and oxygen atoms in total. The van der Waals surface area contributed by atoms with Gasteiger partial charge in [-0.3, -0.25) is 9.69 Å². The number of ketones is 1. The Hall–Kier alpha value is -1.17. The average molecular weight is 296 g/mol. The third-order valence-corrected chi connectivity index (χ3v) is 4.02. The first-order chi connectivity index (χ1) is 9.77. The van der Waals surface area contributed by atoms with E-state index < -0.39 is 5.41 Å². The molecule has 0 saturated heterocycles. The van der Waals surface area contributed by atoms with Gasteiger partial charge in [-0.25, -0.2) is 0 Å². The van der Waals surface area contributed by atoms with Gasteiger partial charge in [0.1, 0.15) is 0 Å². The fraction of sp³-hybridized carbons (Fsp3) is 0.688. The number of carbonyl (C=O) groups is 1. The molecule has 0 fully saturated rings. The molecule has 21 heavy (non-hydrogen) atoms. The summed E-state index contributed by atoms with van der Waals surface area (Å²) >= 11 is 0. The molecule has 120 valence electrons. The summed E-state index contributed by atoms with van der Waals surface area (Å²) in [4.78, 5) is 14.3. The fourth-order valence-electron chi connectivity index (χ4n) is 2.76. The molecule has 1 aromatic rings. The molecule has 0 radical (unpaired) electrons. The van der Waals surface area contributed by atoms with Gasteiger partial charge >= 0.3 is 0 Å². The summed E-state index contributed by atoms with van der Waals surface area (Å²) in [7, 11) is 1.83. The first kappa shape index (κ1) is 17.9. The minimum absolute atomic E-state index is 0.0727. The van der Waals surface area contributed by atoms with Gasteiger partial charge in [0.2, 0.25) is 0 Å². The summed E-state index contributed by atoms with van der Waals surface area (Å²) in [6, 6.07) is 1.94. The van der Waals surface area contributed by atoms with Crippen LogP contribution in [0.3, 0.4) is 0 Å². The largest absolute Gasteiger partial charge is 0.396 e. The lowest BCUT2D eigenvalue weighted by atomic mass is 9.92. The summed E-state index contributed by atoms with van der Waals surface area (Å²) in [6.45, 7) is 9.24. The molecule has 1 aromatic heterocycles. The number of aryl methyl sites for hydroxylation is 1. The van der Waals surface area contributed by atoms with E-state index >= 15 is 0 Å². The topological polar surface area (TPSA) is 65.7 Å². The molecule has 0 saturated carbocycles. The number of aliphatic hydroxyl groups excluding tert-OH is 2. The molecule has 1 heterocycles. The second-order valence-corrected chi connectivity index (χ2v) is 6.25. The number of aliphatic hydroxyl groups is 2. The normalized spacial score (nSPS) is 12.2. The molecule has 0 unspecified atom stereocenters. The van der Waals surface area contributed by atoms with Gasteiger partial charge in [-0.05, 0) is 33.9 Å². The van der Waals surface area contributed by atoms with Crippen LogP contribution in [0.25, 0.3) is 0 Å². The standard InChI is InChI=1S/C16H28N2O3/c1-6-18-12(2)7-14(13(18)3)15(21)8-17(5)9-16(4,10-19)11-20/h7,19-20H,6,8-11H2,1-5H3. The molecule has 0 aliphatic carbocycles. The first-order valence-electron chi connectivity index (χ1n) is 7.38. The Labute approximate surface area is 127 Å².